The van der Waals surface area contributed by atoms with Crippen LogP contribution < -0.4 is 10.6 Å². The smallest absolute Gasteiger partial charge is 0.407 e. The molecule has 2 heterocycles. The van der Waals surface area contributed by atoms with Gasteiger partial charge in [0.1, 0.15) is 17.5 Å². The van der Waals surface area contributed by atoms with E-state index >= 15 is 0 Å². The summed E-state index contributed by atoms with van der Waals surface area (Å²) < 4.78 is 48.1. The van der Waals surface area contributed by atoms with Gasteiger partial charge in [0.2, 0.25) is 5.91 Å². The number of aliphatic hydroxyl groups excluding tert-OH is 1. The molecule has 1 unspecified atom stereocenters. The zero-order valence-corrected chi connectivity index (χ0v) is 24.7. The van der Waals surface area contributed by atoms with E-state index in [4.69, 9.17) is 4.74 Å². The Morgan fingerprint density at radius 3 is 2.20 bits per heavy atom. The standard InChI is InChI=1S/C33H37F3N4O5/c34-23-7-3-20(4-8-23)28(21-5-9-24(35)10-6-21)13-32(42)39-30-16-37-15-29(36)27(30)12-11-26-14-38-25(19-45-26)17-40(33(43)44)31(18-41)22-1-2-22/h3-10,15-16,22,25-26,28,31,38,41H,1-2,11-14,17-19H2,(H,39,42)(H,43,44)/t25-,26+,31?/m0/s1. The molecule has 1 saturated carbocycles. The summed E-state index contributed by atoms with van der Waals surface area (Å²) >= 11 is 0. The first-order valence-corrected chi connectivity index (χ1v) is 15.1. The van der Waals surface area contributed by atoms with Crippen molar-refractivity contribution in [2.75, 3.05) is 31.6 Å². The molecule has 0 radical (unpaired) electrons. The molecule has 0 bridgehead atoms. The Hall–Kier alpha value is -4.00. The maximum atomic E-state index is 15.0. The van der Waals surface area contributed by atoms with Crippen LogP contribution in [0.5, 0.6) is 0 Å². The number of carbonyl (C=O) groups excluding carboxylic acids is 1. The zero-order valence-electron chi connectivity index (χ0n) is 24.7. The number of benzene rings is 2. The highest BCUT2D eigenvalue weighted by Gasteiger charge is 2.38. The van der Waals surface area contributed by atoms with Gasteiger partial charge < -0.3 is 30.5 Å². The van der Waals surface area contributed by atoms with E-state index in [1.165, 1.54) is 35.4 Å². The molecule has 1 aliphatic heterocycles. The van der Waals surface area contributed by atoms with Crippen molar-refractivity contribution < 1.29 is 37.7 Å². The second kappa shape index (κ2) is 14.9. The van der Waals surface area contributed by atoms with Gasteiger partial charge >= 0.3 is 6.09 Å². The Bertz CT molecular complexity index is 1400. The summed E-state index contributed by atoms with van der Waals surface area (Å²) in [5, 5.41) is 25.5. The minimum absolute atomic E-state index is 0.0600. The van der Waals surface area contributed by atoms with Crippen molar-refractivity contribution in [3.8, 4) is 0 Å². The first-order chi connectivity index (χ1) is 21.7. The van der Waals surface area contributed by atoms with E-state index in [0.717, 1.165) is 19.0 Å². The van der Waals surface area contributed by atoms with Crippen LogP contribution in [0.3, 0.4) is 0 Å². The average Bonchev–Trinajstić information content (AvgIpc) is 3.87. The highest BCUT2D eigenvalue weighted by atomic mass is 19.1. The predicted octanol–water partition coefficient (Wildman–Crippen LogP) is 4.70. The number of amides is 2. The number of aromatic nitrogens is 1. The van der Waals surface area contributed by atoms with Crippen LogP contribution in [0.4, 0.5) is 23.7 Å². The van der Waals surface area contributed by atoms with Crippen LogP contribution in [0.25, 0.3) is 0 Å². The molecule has 4 N–H and O–H groups in total. The van der Waals surface area contributed by atoms with Crippen LogP contribution in [-0.2, 0) is 16.0 Å². The van der Waals surface area contributed by atoms with Crippen LogP contribution >= 0.6 is 0 Å². The molecule has 5 rings (SSSR count). The number of nitrogens with zero attached hydrogens (tertiary/aromatic N) is 2. The zero-order chi connectivity index (χ0) is 31.9. The number of ether oxygens (including phenoxy) is 1. The minimum Gasteiger partial charge on any atom is -0.465 e. The third-order valence-corrected chi connectivity index (χ3v) is 8.51. The van der Waals surface area contributed by atoms with Crippen molar-refractivity contribution in [1.29, 1.82) is 0 Å². The largest absolute Gasteiger partial charge is 0.465 e. The Kier molecular flexibility index (Phi) is 10.7. The molecular formula is C33H37F3N4O5. The summed E-state index contributed by atoms with van der Waals surface area (Å²) in [5.41, 5.74) is 1.84. The molecule has 2 aromatic carbocycles. The van der Waals surface area contributed by atoms with Gasteiger partial charge in [-0.15, -0.1) is 0 Å². The monoisotopic (exact) mass is 626 g/mol. The van der Waals surface area contributed by atoms with Crippen molar-refractivity contribution >= 4 is 17.7 Å². The third-order valence-electron chi connectivity index (χ3n) is 8.51. The normalized spacial score (nSPS) is 18.9. The van der Waals surface area contributed by atoms with E-state index < -0.39 is 41.4 Å². The number of aliphatic hydroxyl groups is 1. The second-order valence-corrected chi connectivity index (χ2v) is 11.7. The van der Waals surface area contributed by atoms with Gasteiger partial charge in [-0.2, -0.15) is 0 Å². The van der Waals surface area contributed by atoms with Gasteiger partial charge in [-0.25, -0.2) is 18.0 Å². The number of nitrogens with one attached hydrogen (secondary N) is 2. The maximum Gasteiger partial charge on any atom is 0.407 e. The SMILES string of the molecule is O=C(CC(c1ccc(F)cc1)c1ccc(F)cc1)Nc1cncc(F)c1CC[C@@H]1CN[C@@H](CN(C(=O)O)C(CO)C2CC2)CO1. The van der Waals surface area contributed by atoms with E-state index in [9.17, 15) is 33.0 Å². The summed E-state index contributed by atoms with van der Waals surface area (Å²) in [6.45, 7) is 0.656. The molecule has 45 heavy (non-hydrogen) atoms. The van der Waals surface area contributed by atoms with Gasteiger partial charge in [0, 0.05) is 37.0 Å². The van der Waals surface area contributed by atoms with Gasteiger partial charge in [0.25, 0.3) is 0 Å². The lowest BCUT2D eigenvalue weighted by molar-refractivity contribution is -0.116. The summed E-state index contributed by atoms with van der Waals surface area (Å²) in [6.07, 6.45) is 3.55. The number of halogens is 3. The highest BCUT2D eigenvalue weighted by molar-refractivity contribution is 5.92. The minimum atomic E-state index is -1.07. The maximum absolute atomic E-state index is 15.0. The molecule has 2 fully saturated rings. The Balaban J connectivity index is 1.19. The summed E-state index contributed by atoms with van der Waals surface area (Å²) in [5.74, 6) is -2.15. The molecule has 1 saturated heterocycles. The lowest BCUT2D eigenvalue weighted by atomic mass is 9.88. The molecule has 1 aliphatic carbocycles. The first-order valence-electron chi connectivity index (χ1n) is 15.1. The number of rotatable bonds is 13. The first kappa shape index (κ1) is 32.4. The van der Waals surface area contributed by atoms with Crippen molar-refractivity contribution in [3.63, 3.8) is 0 Å². The fourth-order valence-corrected chi connectivity index (χ4v) is 5.88. The number of hydrogen-bond acceptors (Lipinski definition) is 6. The molecule has 2 aliphatic rings. The molecule has 9 nitrogen and oxygen atoms in total. The fraction of sp³-hybridized carbons (Fsp3) is 0.424. The van der Waals surface area contributed by atoms with Crippen molar-refractivity contribution in [2.45, 2.75) is 56.2 Å². The average molecular weight is 627 g/mol. The summed E-state index contributed by atoms with van der Waals surface area (Å²) in [6, 6.07) is 10.8. The molecular weight excluding hydrogens is 589 g/mol. The Labute approximate surface area is 259 Å². The van der Waals surface area contributed by atoms with E-state index in [-0.39, 0.29) is 61.9 Å². The Morgan fingerprint density at radius 1 is 1.02 bits per heavy atom. The van der Waals surface area contributed by atoms with Crippen LogP contribution in [0.1, 0.15) is 48.3 Å². The number of hydrogen-bond donors (Lipinski definition) is 4. The van der Waals surface area contributed by atoms with Crippen LogP contribution in [-0.4, -0.2) is 76.6 Å². The summed E-state index contributed by atoms with van der Waals surface area (Å²) in [4.78, 5) is 30.3. The predicted molar refractivity (Wildman–Crippen MR) is 160 cm³/mol. The molecule has 1 aromatic heterocycles. The van der Waals surface area contributed by atoms with E-state index in [1.54, 1.807) is 24.3 Å². The lowest BCUT2D eigenvalue weighted by Gasteiger charge is -2.36. The van der Waals surface area contributed by atoms with E-state index in [1.807, 2.05) is 0 Å². The molecule has 240 valence electrons. The van der Waals surface area contributed by atoms with Crippen molar-refractivity contribution in [2.24, 2.45) is 5.92 Å². The van der Waals surface area contributed by atoms with Gasteiger partial charge in [0.15, 0.2) is 0 Å². The molecule has 3 aromatic rings. The Morgan fingerprint density at radius 2 is 1.67 bits per heavy atom. The van der Waals surface area contributed by atoms with Gasteiger partial charge in [-0.05, 0) is 67.0 Å². The number of carbonyl (C=O) groups is 2. The highest BCUT2D eigenvalue weighted by Crippen LogP contribution is 2.35. The topological polar surface area (TPSA) is 124 Å². The second-order valence-electron chi connectivity index (χ2n) is 11.7. The van der Waals surface area contributed by atoms with Gasteiger partial charge in [0.05, 0.1) is 43.4 Å². The number of pyridine rings is 1. The van der Waals surface area contributed by atoms with Gasteiger partial charge in [-0.3, -0.25) is 9.78 Å². The fourth-order valence-electron chi connectivity index (χ4n) is 5.88. The molecule has 12 heteroatoms. The van der Waals surface area contributed by atoms with E-state index in [0.29, 0.717) is 24.1 Å². The molecule has 2 amide bonds. The number of morpholine rings is 1. The molecule has 3 atom stereocenters. The third kappa shape index (κ3) is 8.59. The van der Waals surface area contributed by atoms with Crippen LogP contribution in [0.15, 0.2) is 60.9 Å². The number of anilines is 1. The van der Waals surface area contributed by atoms with Gasteiger partial charge in [-0.1, -0.05) is 24.3 Å². The van der Waals surface area contributed by atoms with Crippen LogP contribution in [0.2, 0.25) is 0 Å². The van der Waals surface area contributed by atoms with Crippen molar-refractivity contribution in [3.05, 3.63) is 95.1 Å². The van der Waals surface area contributed by atoms with Crippen LogP contribution in [0, 0.1) is 23.4 Å². The molecule has 0 spiro atoms. The summed E-state index contributed by atoms with van der Waals surface area (Å²) in [7, 11) is 0. The van der Waals surface area contributed by atoms with E-state index in [2.05, 4.69) is 15.6 Å². The van der Waals surface area contributed by atoms with Crippen molar-refractivity contribution in [1.82, 2.24) is 15.2 Å². The quantitative estimate of drug-likeness (QED) is 0.217. The number of carboxylic acid groups (broad SMARTS) is 1. The lowest BCUT2D eigenvalue weighted by Crippen LogP contribution is -2.55.